The Kier molecular flexibility index (Phi) is 6.55. The van der Waals surface area contributed by atoms with E-state index in [4.69, 9.17) is 4.74 Å². The summed E-state index contributed by atoms with van der Waals surface area (Å²) in [6, 6.07) is 18.3. The number of benzene rings is 2. The van der Waals surface area contributed by atoms with E-state index in [-0.39, 0.29) is 6.61 Å². The number of aryl methyl sites for hydroxylation is 3. The first-order valence-electron chi connectivity index (χ1n) is 9.73. The fourth-order valence-electron chi connectivity index (χ4n) is 3.78. The average Bonchev–Trinajstić information content (AvgIpc) is 3.07. The van der Waals surface area contributed by atoms with Crippen molar-refractivity contribution in [3.05, 3.63) is 83.2 Å². The predicted octanol–water partition coefficient (Wildman–Crippen LogP) is 4.27. The number of nitrogens with zero attached hydrogens (tertiary/aromatic N) is 2. The van der Waals surface area contributed by atoms with E-state index in [9.17, 15) is 5.11 Å². The summed E-state index contributed by atoms with van der Waals surface area (Å²) in [6.07, 6.45) is 1.57. The number of ether oxygens (including phenoxy) is 1. The van der Waals surface area contributed by atoms with Crippen LogP contribution < -0.4 is 4.74 Å². The highest BCUT2D eigenvalue weighted by atomic mass is 16.5. The molecule has 0 fully saturated rings. The maximum Gasteiger partial charge on any atom is 0.119 e. The number of aromatic nitrogens is 1. The number of hydrogen-bond donors (Lipinski definition) is 1. The van der Waals surface area contributed by atoms with Crippen molar-refractivity contribution >= 4 is 0 Å². The van der Waals surface area contributed by atoms with Crippen molar-refractivity contribution in [1.82, 2.24) is 9.47 Å². The van der Waals surface area contributed by atoms with Crippen molar-refractivity contribution in [3.8, 4) is 11.4 Å². The van der Waals surface area contributed by atoms with Gasteiger partial charge in [-0.3, -0.25) is 4.90 Å². The minimum absolute atomic E-state index is 0.283. The van der Waals surface area contributed by atoms with Gasteiger partial charge in [-0.15, -0.1) is 0 Å². The van der Waals surface area contributed by atoms with Crippen LogP contribution >= 0.6 is 0 Å². The molecule has 0 aliphatic rings. The van der Waals surface area contributed by atoms with Crippen LogP contribution in [0.1, 0.15) is 22.4 Å². The molecule has 4 heteroatoms. The molecule has 0 saturated carbocycles. The zero-order valence-corrected chi connectivity index (χ0v) is 17.2. The highest BCUT2D eigenvalue weighted by Crippen LogP contribution is 2.23. The molecule has 4 nitrogen and oxygen atoms in total. The number of aliphatic hydroxyl groups excluding tert-OH is 1. The monoisotopic (exact) mass is 378 g/mol. The van der Waals surface area contributed by atoms with E-state index in [1.807, 2.05) is 37.4 Å². The Hall–Kier alpha value is -2.56. The van der Waals surface area contributed by atoms with E-state index in [1.54, 1.807) is 0 Å². The van der Waals surface area contributed by atoms with Crippen LogP contribution in [0.25, 0.3) is 5.69 Å². The van der Waals surface area contributed by atoms with Gasteiger partial charge in [0.1, 0.15) is 18.5 Å². The maximum atomic E-state index is 10.3. The number of para-hydroxylation sites is 1. The molecule has 1 N–H and O–H groups in total. The number of likely N-dealkylation sites (N-methyl/N-ethyl adjacent to an activating group) is 1. The normalized spacial score (nSPS) is 12.4. The lowest BCUT2D eigenvalue weighted by atomic mass is 10.0. The Labute approximate surface area is 168 Å². The molecule has 0 aliphatic heterocycles. The van der Waals surface area contributed by atoms with E-state index in [0.29, 0.717) is 6.54 Å². The molecule has 3 rings (SSSR count). The van der Waals surface area contributed by atoms with Gasteiger partial charge in [0, 0.05) is 25.0 Å². The van der Waals surface area contributed by atoms with Crippen molar-refractivity contribution in [2.45, 2.75) is 33.4 Å². The van der Waals surface area contributed by atoms with Gasteiger partial charge in [-0.1, -0.05) is 35.9 Å². The van der Waals surface area contributed by atoms with Crippen LogP contribution in [0.15, 0.2) is 60.8 Å². The third kappa shape index (κ3) is 5.03. The van der Waals surface area contributed by atoms with Crippen molar-refractivity contribution < 1.29 is 9.84 Å². The SMILES string of the molecule is Cc1cc(C)c(-n2cccc2CN(C)CC(O)COc2ccccc2)c(C)c1. The lowest BCUT2D eigenvalue weighted by Gasteiger charge is -2.23. The van der Waals surface area contributed by atoms with Crippen LogP contribution in [0.5, 0.6) is 5.75 Å². The largest absolute Gasteiger partial charge is 0.491 e. The number of aliphatic hydroxyl groups is 1. The van der Waals surface area contributed by atoms with Crippen LogP contribution in [-0.2, 0) is 6.54 Å². The fraction of sp³-hybridized carbons (Fsp3) is 0.333. The summed E-state index contributed by atoms with van der Waals surface area (Å²) >= 11 is 0. The molecule has 0 radical (unpaired) electrons. The second kappa shape index (κ2) is 9.09. The maximum absolute atomic E-state index is 10.3. The van der Waals surface area contributed by atoms with Gasteiger partial charge in [0.2, 0.25) is 0 Å². The van der Waals surface area contributed by atoms with Crippen LogP contribution in [-0.4, -0.2) is 40.9 Å². The quantitative estimate of drug-likeness (QED) is 0.636. The average molecular weight is 379 g/mol. The summed E-state index contributed by atoms with van der Waals surface area (Å²) in [5.74, 6) is 0.781. The molecule has 28 heavy (non-hydrogen) atoms. The highest BCUT2D eigenvalue weighted by Gasteiger charge is 2.14. The molecular formula is C24H30N2O2. The van der Waals surface area contributed by atoms with Crippen LogP contribution in [0.2, 0.25) is 0 Å². The molecule has 1 unspecified atom stereocenters. The smallest absolute Gasteiger partial charge is 0.119 e. The lowest BCUT2D eigenvalue weighted by molar-refractivity contribution is 0.0739. The first-order valence-corrected chi connectivity index (χ1v) is 9.73. The minimum Gasteiger partial charge on any atom is -0.491 e. The summed E-state index contributed by atoms with van der Waals surface area (Å²) in [7, 11) is 2.03. The zero-order valence-electron chi connectivity index (χ0n) is 17.2. The molecular weight excluding hydrogens is 348 g/mol. The second-order valence-corrected chi connectivity index (χ2v) is 7.59. The van der Waals surface area contributed by atoms with Gasteiger partial charge in [-0.05, 0) is 63.2 Å². The summed E-state index contributed by atoms with van der Waals surface area (Å²) < 4.78 is 7.92. The Morgan fingerprint density at radius 2 is 1.68 bits per heavy atom. The lowest BCUT2D eigenvalue weighted by Crippen LogP contribution is -2.33. The highest BCUT2D eigenvalue weighted by molar-refractivity contribution is 5.50. The number of rotatable bonds is 8. The predicted molar refractivity (Wildman–Crippen MR) is 114 cm³/mol. The Bertz CT molecular complexity index is 879. The second-order valence-electron chi connectivity index (χ2n) is 7.59. The molecule has 0 saturated heterocycles. The van der Waals surface area contributed by atoms with E-state index < -0.39 is 6.10 Å². The van der Waals surface area contributed by atoms with Crippen molar-refractivity contribution in [3.63, 3.8) is 0 Å². The van der Waals surface area contributed by atoms with E-state index in [1.165, 1.54) is 28.1 Å². The molecule has 0 bridgehead atoms. The fourth-order valence-corrected chi connectivity index (χ4v) is 3.78. The van der Waals surface area contributed by atoms with Gasteiger partial charge in [0.15, 0.2) is 0 Å². The summed E-state index contributed by atoms with van der Waals surface area (Å²) in [6.45, 7) is 8.03. The van der Waals surface area contributed by atoms with Gasteiger partial charge in [0.25, 0.3) is 0 Å². The Morgan fingerprint density at radius 3 is 2.36 bits per heavy atom. The molecule has 1 aromatic heterocycles. The van der Waals surface area contributed by atoms with Gasteiger partial charge in [-0.25, -0.2) is 0 Å². The van der Waals surface area contributed by atoms with Crippen molar-refractivity contribution in [2.24, 2.45) is 0 Å². The molecule has 0 spiro atoms. The molecule has 3 aromatic rings. The van der Waals surface area contributed by atoms with E-state index in [2.05, 4.69) is 60.7 Å². The molecule has 1 atom stereocenters. The van der Waals surface area contributed by atoms with Crippen LogP contribution in [0, 0.1) is 20.8 Å². The first-order chi connectivity index (χ1) is 13.4. The third-order valence-electron chi connectivity index (χ3n) is 4.85. The third-order valence-corrected chi connectivity index (χ3v) is 4.85. The van der Waals surface area contributed by atoms with Gasteiger partial charge in [-0.2, -0.15) is 0 Å². The molecule has 148 valence electrons. The van der Waals surface area contributed by atoms with Gasteiger partial charge in [0.05, 0.1) is 5.69 Å². The van der Waals surface area contributed by atoms with Crippen LogP contribution in [0.3, 0.4) is 0 Å². The standard InChI is InChI=1S/C24H30N2O2/c1-18-13-19(2)24(20(3)14-18)26-12-8-9-21(26)15-25(4)16-22(27)17-28-23-10-6-5-7-11-23/h5-14,22,27H,15-17H2,1-4H3. The molecule has 0 amide bonds. The summed E-state index contributed by atoms with van der Waals surface area (Å²) in [5.41, 5.74) is 6.27. The van der Waals surface area contributed by atoms with Crippen molar-refractivity contribution in [1.29, 1.82) is 0 Å². The van der Waals surface area contributed by atoms with Gasteiger partial charge >= 0.3 is 0 Å². The van der Waals surface area contributed by atoms with Gasteiger partial charge < -0.3 is 14.4 Å². The summed E-state index contributed by atoms with van der Waals surface area (Å²) in [5, 5.41) is 10.3. The number of hydrogen-bond acceptors (Lipinski definition) is 3. The Balaban J connectivity index is 1.63. The van der Waals surface area contributed by atoms with Crippen LogP contribution in [0.4, 0.5) is 0 Å². The molecule has 1 heterocycles. The molecule has 2 aromatic carbocycles. The topological polar surface area (TPSA) is 37.6 Å². The summed E-state index contributed by atoms with van der Waals surface area (Å²) in [4.78, 5) is 2.13. The van der Waals surface area contributed by atoms with E-state index >= 15 is 0 Å². The van der Waals surface area contributed by atoms with E-state index in [0.717, 1.165) is 12.3 Å². The first kappa shape index (κ1) is 20.2. The zero-order chi connectivity index (χ0) is 20.1. The van der Waals surface area contributed by atoms with Crippen molar-refractivity contribution in [2.75, 3.05) is 20.2 Å². The Morgan fingerprint density at radius 1 is 1.00 bits per heavy atom. The minimum atomic E-state index is -0.545. The molecule has 0 aliphatic carbocycles.